The zero-order valence-electron chi connectivity index (χ0n) is 11.5. The quantitative estimate of drug-likeness (QED) is 0.721. The van der Waals surface area contributed by atoms with Crippen molar-refractivity contribution in [2.45, 2.75) is 26.7 Å². The minimum atomic E-state index is -1.39. The molecule has 0 radical (unpaired) electrons. The molecule has 0 aliphatic carbocycles. The fraction of sp³-hybridized carbons (Fsp3) is 0.500. The number of hydrogen-bond donors (Lipinski definition) is 3. The van der Waals surface area contributed by atoms with E-state index in [1.807, 2.05) is 13.8 Å². The van der Waals surface area contributed by atoms with Gasteiger partial charge in [0.15, 0.2) is 0 Å². The highest BCUT2D eigenvalue weighted by Gasteiger charge is 2.26. The van der Waals surface area contributed by atoms with Crippen LogP contribution in [-0.4, -0.2) is 29.3 Å². The lowest BCUT2D eigenvalue weighted by Gasteiger charge is -2.30. The van der Waals surface area contributed by atoms with Gasteiger partial charge in [-0.2, -0.15) is 0 Å². The molecule has 0 aliphatic rings. The van der Waals surface area contributed by atoms with Crippen molar-refractivity contribution in [3.63, 3.8) is 0 Å². The predicted molar refractivity (Wildman–Crippen MR) is 71.9 cm³/mol. The van der Waals surface area contributed by atoms with Gasteiger partial charge in [-0.3, -0.25) is 0 Å². The van der Waals surface area contributed by atoms with E-state index in [2.05, 4.69) is 5.32 Å². The lowest BCUT2D eigenvalue weighted by atomic mass is 9.83. The number of nitrogens with one attached hydrogen (secondary N) is 1. The smallest absolute Gasteiger partial charge is 0.335 e. The van der Waals surface area contributed by atoms with Crippen LogP contribution >= 0.6 is 0 Å². The Kier molecular flexibility index (Phi) is 5.44. The number of halogens is 2. The molecule has 0 aliphatic heterocycles. The van der Waals surface area contributed by atoms with Crippen LogP contribution < -0.4 is 5.32 Å². The second-order valence-corrected chi connectivity index (χ2v) is 4.84. The first-order valence-corrected chi connectivity index (χ1v) is 6.46. The topological polar surface area (TPSA) is 69.6 Å². The largest absolute Gasteiger partial charge is 0.478 e. The third-order valence-electron chi connectivity index (χ3n) is 3.76. The molecule has 6 heteroatoms. The number of aromatic carboxylic acids is 1. The molecule has 1 rings (SSSR count). The van der Waals surface area contributed by atoms with Crippen molar-refractivity contribution in [3.05, 3.63) is 29.3 Å². The molecule has 0 unspecified atom stereocenters. The molecule has 0 aromatic heterocycles. The SMILES string of the molecule is CCC(CC)(CO)CNc1c(F)cc(C(=O)O)cc1F. The first-order chi connectivity index (χ1) is 9.39. The van der Waals surface area contributed by atoms with Crippen molar-refractivity contribution < 1.29 is 23.8 Å². The summed E-state index contributed by atoms with van der Waals surface area (Å²) < 4.78 is 27.5. The summed E-state index contributed by atoms with van der Waals surface area (Å²) in [4.78, 5) is 10.7. The Morgan fingerprint density at radius 3 is 2.10 bits per heavy atom. The molecule has 3 N–H and O–H groups in total. The monoisotopic (exact) mass is 287 g/mol. The molecule has 0 amide bonds. The second-order valence-electron chi connectivity index (χ2n) is 4.84. The Morgan fingerprint density at radius 1 is 1.25 bits per heavy atom. The van der Waals surface area contributed by atoms with Crippen LogP contribution in [-0.2, 0) is 0 Å². The summed E-state index contributed by atoms with van der Waals surface area (Å²) in [6.07, 6.45) is 1.31. The fourth-order valence-electron chi connectivity index (χ4n) is 1.92. The van der Waals surface area contributed by atoms with E-state index in [0.717, 1.165) is 12.1 Å². The zero-order chi connectivity index (χ0) is 15.3. The van der Waals surface area contributed by atoms with Gasteiger partial charge >= 0.3 is 5.97 Å². The molecule has 0 heterocycles. The Hall–Kier alpha value is -1.69. The van der Waals surface area contributed by atoms with E-state index in [1.165, 1.54) is 0 Å². The zero-order valence-corrected chi connectivity index (χ0v) is 11.5. The van der Waals surface area contributed by atoms with E-state index in [9.17, 15) is 18.7 Å². The van der Waals surface area contributed by atoms with Gasteiger partial charge in [-0.05, 0) is 25.0 Å². The van der Waals surface area contributed by atoms with Gasteiger partial charge in [0.1, 0.15) is 17.3 Å². The number of rotatable bonds is 7. The van der Waals surface area contributed by atoms with Crippen molar-refractivity contribution in [2.24, 2.45) is 5.41 Å². The molecule has 1 aromatic carbocycles. The Balaban J connectivity index is 2.96. The fourth-order valence-corrected chi connectivity index (χ4v) is 1.92. The first kappa shape index (κ1) is 16.4. The summed E-state index contributed by atoms with van der Waals surface area (Å²) in [7, 11) is 0. The van der Waals surface area contributed by atoms with Crippen molar-refractivity contribution >= 4 is 11.7 Å². The van der Waals surface area contributed by atoms with Gasteiger partial charge in [-0.1, -0.05) is 13.8 Å². The molecular formula is C14H19F2NO3. The minimum Gasteiger partial charge on any atom is -0.478 e. The maximum absolute atomic E-state index is 13.7. The van der Waals surface area contributed by atoms with Crippen molar-refractivity contribution in [1.82, 2.24) is 0 Å². The highest BCUT2D eigenvalue weighted by molar-refractivity contribution is 5.88. The van der Waals surface area contributed by atoms with E-state index in [1.54, 1.807) is 0 Å². The molecule has 0 spiro atoms. The van der Waals surface area contributed by atoms with E-state index >= 15 is 0 Å². The molecule has 20 heavy (non-hydrogen) atoms. The molecule has 112 valence electrons. The van der Waals surface area contributed by atoms with Crippen LogP contribution in [0.25, 0.3) is 0 Å². The number of anilines is 1. The van der Waals surface area contributed by atoms with Gasteiger partial charge in [0.05, 0.1) is 12.2 Å². The van der Waals surface area contributed by atoms with Gasteiger partial charge in [0.2, 0.25) is 0 Å². The minimum absolute atomic E-state index is 0.0938. The van der Waals surface area contributed by atoms with Crippen molar-refractivity contribution in [2.75, 3.05) is 18.5 Å². The number of carbonyl (C=O) groups is 1. The maximum atomic E-state index is 13.7. The van der Waals surface area contributed by atoms with Crippen molar-refractivity contribution in [3.8, 4) is 0 Å². The maximum Gasteiger partial charge on any atom is 0.335 e. The molecule has 0 atom stereocenters. The van der Waals surface area contributed by atoms with Crippen LogP contribution in [0.3, 0.4) is 0 Å². The van der Waals surface area contributed by atoms with Crippen LogP contribution in [0.4, 0.5) is 14.5 Å². The molecule has 1 aromatic rings. The highest BCUT2D eigenvalue weighted by atomic mass is 19.1. The van der Waals surface area contributed by atoms with Gasteiger partial charge < -0.3 is 15.5 Å². The highest BCUT2D eigenvalue weighted by Crippen LogP contribution is 2.28. The second kappa shape index (κ2) is 6.65. The van der Waals surface area contributed by atoms with Crippen molar-refractivity contribution in [1.29, 1.82) is 0 Å². The summed E-state index contributed by atoms with van der Waals surface area (Å²) in [5, 5.41) is 20.8. The molecule has 0 saturated heterocycles. The Labute approximate surface area is 116 Å². The normalized spacial score (nSPS) is 11.4. The molecule has 0 saturated carbocycles. The first-order valence-electron chi connectivity index (χ1n) is 6.46. The average Bonchev–Trinajstić information content (AvgIpc) is 2.42. The predicted octanol–water partition coefficient (Wildman–Crippen LogP) is 2.87. The van der Waals surface area contributed by atoms with E-state index < -0.39 is 28.6 Å². The number of aliphatic hydroxyl groups excluding tert-OH is 1. The van der Waals surface area contributed by atoms with Gasteiger partial charge in [-0.25, -0.2) is 13.6 Å². The van der Waals surface area contributed by atoms with E-state index in [0.29, 0.717) is 12.8 Å². The average molecular weight is 287 g/mol. The lowest BCUT2D eigenvalue weighted by Crippen LogP contribution is -2.32. The third kappa shape index (κ3) is 3.45. The van der Waals surface area contributed by atoms with Crippen LogP contribution in [0.1, 0.15) is 37.0 Å². The van der Waals surface area contributed by atoms with Gasteiger partial charge in [0, 0.05) is 12.0 Å². The number of carboxylic acid groups (broad SMARTS) is 1. The van der Waals surface area contributed by atoms with E-state index in [-0.39, 0.29) is 18.8 Å². The number of benzene rings is 1. The van der Waals surface area contributed by atoms with Crippen LogP contribution in [0.5, 0.6) is 0 Å². The Morgan fingerprint density at radius 2 is 1.75 bits per heavy atom. The number of hydrogen-bond acceptors (Lipinski definition) is 3. The van der Waals surface area contributed by atoms with Crippen LogP contribution in [0, 0.1) is 17.0 Å². The summed E-state index contributed by atoms with van der Waals surface area (Å²) in [5.74, 6) is -3.30. The number of aliphatic hydroxyl groups is 1. The van der Waals surface area contributed by atoms with Crippen LogP contribution in [0.15, 0.2) is 12.1 Å². The van der Waals surface area contributed by atoms with E-state index in [4.69, 9.17) is 5.11 Å². The summed E-state index contributed by atoms with van der Waals surface area (Å²) in [6.45, 7) is 3.89. The standard InChI is InChI=1S/C14H19F2NO3/c1-3-14(4-2,8-18)7-17-12-10(15)5-9(13(19)20)6-11(12)16/h5-6,17-18H,3-4,7-8H2,1-2H3,(H,19,20). The lowest BCUT2D eigenvalue weighted by molar-refractivity contribution is 0.0696. The summed E-state index contributed by atoms with van der Waals surface area (Å²) in [6, 6.07) is 1.54. The van der Waals surface area contributed by atoms with Gasteiger partial charge in [-0.15, -0.1) is 0 Å². The molecular weight excluding hydrogens is 268 g/mol. The molecule has 0 fully saturated rings. The van der Waals surface area contributed by atoms with Crippen LogP contribution in [0.2, 0.25) is 0 Å². The third-order valence-corrected chi connectivity index (χ3v) is 3.76. The van der Waals surface area contributed by atoms with Gasteiger partial charge in [0.25, 0.3) is 0 Å². The number of carboxylic acids is 1. The summed E-state index contributed by atoms with van der Waals surface area (Å²) in [5.41, 5.74) is -1.26. The molecule has 0 bridgehead atoms. The summed E-state index contributed by atoms with van der Waals surface area (Å²) >= 11 is 0. The Bertz CT molecular complexity index is 456. The molecule has 4 nitrogen and oxygen atoms in total.